The summed E-state index contributed by atoms with van der Waals surface area (Å²) in [5.74, 6) is 0. The summed E-state index contributed by atoms with van der Waals surface area (Å²) >= 11 is 6.16. The Hall–Kier alpha value is -0.970. The molecule has 1 aromatic carbocycles. The molecule has 0 amide bonds. The summed E-state index contributed by atoms with van der Waals surface area (Å²) in [6.45, 7) is 9.88. The minimum atomic E-state index is 0.340. The molecule has 0 radical (unpaired) electrons. The Morgan fingerprint density at radius 1 is 1.22 bits per heavy atom. The van der Waals surface area contributed by atoms with Crippen molar-refractivity contribution in [2.45, 2.75) is 83.4 Å². The highest BCUT2D eigenvalue weighted by atomic mass is 35.5. The van der Waals surface area contributed by atoms with Gasteiger partial charge in [0.25, 0.3) is 0 Å². The van der Waals surface area contributed by atoms with E-state index in [4.69, 9.17) is 22.1 Å². The number of nitrogens with zero attached hydrogens (tertiary/aromatic N) is 1. The lowest BCUT2D eigenvalue weighted by molar-refractivity contribution is -0.0277. The van der Waals surface area contributed by atoms with Crippen LogP contribution in [-0.4, -0.2) is 42.3 Å². The maximum Gasteiger partial charge on any atom is 0.0579 e. The predicted octanol–water partition coefficient (Wildman–Crippen LogP) is 5.23. The average molecular weight is 394 g/mol. The molecule has 27 heavy (non-hydrogen) atoms. The number of nitrogens with one attached hydrogen (secondary N) is 1. The Kier molecular flexibility index (Phi) is 6.93. The van der Waals surface area contributed by atoms with Gasteiger partial charge in [-0.05, 0) is 76.5 Å². The van der Waals surface area contributed by atoms with Gasteiger partial charge in [0, 0.05) is 36.3 Å². The Morgan fingerprint density at radius 2 is 1.89 bits per heavy atom. The third kappa shape index (κ3) is 5.10. The van der Waals surface area contributed by atoms with Gasteiger partial charge >= 0.3 is 0 Å². The van der Waals surface area contributed by atoms with E-state index in [1.165, 1.54) is 25.7 Å². The van der Waals surface area contributed by atoms with E-state index in [0.29, 0.717) is 17.7 Å². The van der Waals surface area contributed by atoms with Crippen LogP contribution in [0.4, 0.5) is 11.4 Å². The number of anilines is 2. The normalized spacial score (nSPS) is 27.6. The number of hydrogen-bond donors (Lipinski definition) is 2. The summed E-state index contributed by atoms with van der Waals surface area (Å²) < 4.78 is 5.98. The molecular formula is C22H36ClN3O. The molecule has 1 saturated carbocycles. The quantitative estimate of drug-likeness (QED) is 0.649. The van der Waals surface area contributed by atoms with Gasteiger partial charge in [0.15, 0.2) is 0 Å². The summed E-state index contributed by atoms with van der Waals surface area (Å²) in [6, 6.07) is 4.41. The molecule has 0 atom stereocenters. The molecule has 0 spiro atoms. The Morgan fingerprint density at radius 3 is 2.52 bits per heavy atom. The van der Waals surface area contributed by atoms with Crippen LogP contribution in [0, 0.1) is 6.92 Å². The van der Waals surface area contributed by atoms with Gasteiger partial charge in [-0.25, -0.2) is 0 Å². The summed E-state index contributed by atoms with van der Waals surface area (Å²) in [5, 5.41) is 4.39. The van der Waals surface area contributed by atoms with E-state index in [1.54, 1.807) is 0 Å². The zero-order chi connectivity index (χ0) is 19.4. The number of piperidine rings is 1. The standard InChI is InChI=1S/C22H36ClN3O/c1-4-13-27-18-5-9-22(3,10-6-18)26-11-7-17(8-12-26)25-21-14-16(2)19(23)15-20(21)24/h14-15,17-18,25H,4-13,24H2,1-3H3/t18-,22-. The Bertz CT molecular complexity index is 620. The van der Waals surface area contributed by atoms with Crippen LogP contribution in [0.3, 0.4) is 0 Å². The lowest BCUT2D eigenvalue weighted by Gasteiger charge is -2.48. The fraction of sp³-hybridized carbons (Fsp3) is 0.727. The van der Waals surface area contributed by atoms with Crippen molar-refractivity contribution in [3.05, 3.63) is 22.7 Å². The number of hydrogen-bond acceptors (Lipinski definition) is 4. The second kappa shape index (κ2) is 9.02. The zero-order valence-electron chi connectivity index (χ0n) is 17.2. The number of nitrogen functional groups attached to an aromatic ring is 1. The van der Waals surface area contributed by atoms with Gasteiger partial charge in [-0.1, -0.05) is 18.5 Å². The van der Waals surface area contributed by atoms with E-state index in [2.05, 4.69) is 30.1 Å². The number of halogens is 1. The lowest BCUT2D eigenvalue weighted by atomic mass is 9.79. The largest absolute Gasteiger partial charge is 0.397 e. The van der Waals surface area contributed by atoms with Gasteiger partial charge in [0.05, 0.1) is 17.5 Å². The highest BCUT2D eigenvalue weighted by molar-refractivity contribution is 6.31. The molecule has 3 rings (SSSR count). The van der Waals surface area contributed by atoms with Crippen LogP contribution in [0.5, 0.6) is 0 Å². The van der Waals surface area contributed by atoms with Crippen molar-refractivity contribution in [1.82, 2.24) is 4.90 Å². The number of likely N-dealkylation sites (tertiary alicyclic amines) is 1. The molecule has 0 bridgehead atoms. The van der Waals surface area contributed by atoms with Crippen LogP contribution >= 0.6 is 11.6 Å². The molecule has 3 N–H and O–H groups in total. The summed E-state index contributed by atoms with van der Waals surface area (Å²) in [6.07, 6.45) is 8.83. The molecule has 2 aliphatic rings. The van der Waals surface area contributed by atoms with Gasteiger partial charge in [-0.3, -0.25) is 4.90 Å². The first-order valence-corrected chi connectivity index (χ1v) is 11.0. The molecule has 0 aromatic heterocycles. The monoisotopic (exact) mass is 393 g/mol. The van der Waals surface area contributed by atoms with Crippen LogP contribution in [0.2, 0.25) is 5.02 Å². The highest BCUT2D eigenvalue weighted by Gasteiger charge is 2.38. The van der Waals surface area contributed by atoms with Crippen molar-refractivity contribution in [2.24, 2.45) is 0 Å². The molecule has 1 saturated heterocycles. The van der Waals surface area contributed by atoms with E-state index < -0.39 is 0 Å². The number of nitrogens with two attached hydrogens (primary N) is 1. The maximum atomic E-state index is 6.16. The minimum Gasteiger partial charge on any atom is -0.397 e. The molecule has 1 aliphatic carbocycles. The fourth-order valence-corrected chi connectivity index (χ4v) is 4.76. The highest BCUT2D eigenvalue weighted by Crippen LogP contribution is 2.37. The van der Waals surface area contributed by atoms with Crippen LogP contribution in [0.25, 0.3) is 0 Å². The van der Waals surface area contributed by atoms with Gasteiger partial charge in [0.2, 0.25) is 0 Å². The topological polar surface area (TPSA) is 50.5 Å². The van der Waals surface area contributed by atoms with Crippen molar-refractivity contribution in [3.8, 4) is 0 Å². The molecule has 2 fully saturated rings. The number of benzene rings is 1. The van der Waals surface area contributed by atoms with Gasteiger partial charge in [0.1, 0.15) is 0 Å². The molecule has 5 heteroatoms. The molecular weight excluding hydrogens is 358 g/mol. The van der Waals surface area contributed by atoms with E-state index in [1.807, 2.05) is 13.0 Å². The molecule has 4 nitrogen and oxygen atoms in total. The third-order valence-electron chi connectivity index (χ3n) is 6.52. The average Bonchev–Trinajstić information content (AvgIpc) is 2.66. The van der Waals surface area contributed by atoms with Gasteiger partial charge in [-0.2, -0.15) is 0 Å². The Balaban J connectivity index is 1.50. The second-order valence-electron chi connectivity index (χ2n) is 8.66. The van der Waals surface area contributed by atoms with Crippen molar-refractivity contribution in [1.29, 1.82) is 0 Å². The number of aryl methyl sites for hydroxylation is 1. The maximum absolute atomic E-state index is 6.16. The molecule has 1 aliphatic heterocycles. The fourth-order valence-electron chi connectivity index (χ4n) is 4.59. The second-order valence-corrected chi connectivity index (χ2v) is 9.07. The third-order valence-corrected chi connectivity index (χ3v) is 6.92. The first-order chi connectivity index (χ1) is 12.9. The van der Waals surface area contributed by atoms with E-state index >= 15 is 0 Å². The molecule has 1 aromatic rings. The van der Waals surface area contributed by atoms with Gasteiger partial charge in [-0.15, -0.1) is 0 Å². The lowest BCUT2D eigenvalue weighted by Crippen LogP contribution is -2.53. The van der Waals surface area contributed by atoms with Gasteiger partial charge < -0.3 is 15.8 Å². The zero-order valence-corrected chi connectivity index (χ0v) is 17.9. The van der Waals surface area contributed by atoms with E-state index in [9.17, 15) is 0 Å². The molecule has 152 valence electrons. The smallest absolute Gasteiger partial charge is 0.0579 e. The van der Waals surface area contributed by atoms with Crippen molar-refractivity contribution >= 4 is 23.0 Å². The SMILES string of the molecule is CCCO[C@H]1CC[C@](C)(N2CCC(Nc3cc(C)c(Cl)cc3N)CC2)CC1. The number of rotatable bonds is 6. The Labute approximate surface area is 169 Å². The molecule has 0 unspecified atom stereocenters. The summed E-state index contributed by atoms with van der Waals surface area (Å²) in [5.41, 5.74) is 9.33. The van der Waals surface area contributed by atoms with Crippen LogP contribution in [-0.2, 0) is 4.74 Å². The van der Waals surface area contributed by atoms with E-state index in [-0.39, 0.29) is 0 Å². The van der Waals surface area contributed by atoms with Crippen LogP contribution in [0.1, 0.15) is 64.4 Å². The minimum absolute atomic E-state index is 0.340. The summed E-state index contributed by atoms with van der Waals surface area (Å²) in [4.78, 5) is 2.72. The number of ether oxygens (including phenoxy) is 1. The first kappa shape index (κ1) is 20.8. The van der Waals surface area contributed by atoms with Crippen molar-refractivity contribution in [3.63, 3.8) is 0 Å². The van der Waals surface area contributed by atoms with Crippen LogP contribution in [0.15, 0.2) is 12.1 Å². The first-order valence-electron chi connectivity index (χ1n) is 10.6. The van der Waals surface area contributed by atoms with E-state index in [0.717, 1.165) is 60.9 Å². The summed E-state index contributed by atoms with van der Waals surface area (Å²) in [7, 11) is 0. The van der Waals surface area contributed by atoms with Crippen molar-refractivity contribution in [2.75, 3.05) is 30.7 Å². The molecule has 1 heterocycles. The van der Waals surface area contributed by atoms with Crippen molar-refractivity contribution < 1.29 is 4.74 Å². The van der Waals surface area contributed by atoms with Crippen LogP contribution < -0.4 is 11.1 Å². The predicted molar refractivity (Wildman–Crippen MR) is 116 cm³/mol.